The number of nitro groups is 1. The predicted octanol–water partition coefficient (Wildman–Crippen LogP) is 0.888. The van der Waals surface area contributed by atoms with Gasteiger partial charge in [-0.2, -0.15) is 0 Å². The molecule has 0 aliphatic carbocycles. The Morgan fingerprint density at radius 1 is 1.47 bits per heavy atom. The maximum atomic E-state index is 11.5. The van der Waals surface area contributed by atoms with E-state index in [1.807, 2.05) is 0 Å². The van der Waals surface area contributed by atoms with Gasteiger partial charge in [-0.3, -0.25) is 10.1 Å². The van der Waals surface area contributed by atoms with Crippen LogP contribution in [-0.4, -0.2) is 25.6 Å². The van der Waals surface area contributed by atoms with Crippen molar-refractivity contribution >= 4 is 15.5 Å². The van der Waals surface area contributed by atoms with Crippen molar-refractivity contribution < 1.29 is 13.3 Å². The van der Waals surface area contributed by atoms with E-state index in [1.165, 1.54) is 18.2 Å². The SMILES string of the molecule is CC(N)Cc1cccc(S(C)(=O)=O)c1[N+](=O)[O-]. The molecule has 6 nitrogen and oxygen atoms in total. The van der Waals surface area contributed by atoms with Crippen LogP contribution in [0.2, 0.25) is 0 Å². The summed E-state index contributed by atoms with van der Waals surface area (Å²) in [5.74, 6) is 0. The molecule has 0 aliphatic heterocycles. The second-order valence-electron chi connectivity index (χ2n) is 3.97. The number of para-hydroxylation sites is 1. The highest BCUT2D eigenvalue weighted by molar-refractivity contribution is 7.90. The average Bonchev–Trinajstić information content (AvgIpc) is 2.14. The van der Waals surface area contributed by atoms with Gasteiger partial charge in [-0.15, -0.1) is 0 Å². The third-order valence-corrected chi connectivity index (χ3v) is 3.33. The van der Waals surface area contributed by atoms with Crippen molar-refractivity contribution in [1.29, 1.82) is 0 Å². The fraction of sp³-hybridized carbons (Fsp3) is 0.400. The molecule has 7 heteroatoms. The van der Waals surface area contributed by atoms with Gasteiger partial charge in [0.2, 0.25) is 0 Å². The highest BCUT2D eigenvalue weighted by Crippen LogP contribution is 2.28. The number of sulfone groups is 1. The highest BCUT2D eigenvalue weighted by Gasteiger charge is 2.25. The second kappa shape index (κ2) is 4.80. The highest BCUT2D eigenvalue weighted by atomic mass is 32.2. The van der Waals surface area contributed by atoms with Crippen molar-refractivity contribution in [2.75, 3.05) is 6.26 Å². The van der Waals surface area contributed by atoms with Crippen LogP contribution in [0.25, 0.3) is 0 Å². The smallest absolute Gasteiger partial charge is 0.291 e. The molecule has 1 atom stereocenters. The first-order valence-electron chi connectivity index (χ1n) is 4.95. The van der Waals surface area contributed by atoms with Crippen LogP contribution >= 0.6 is 0 Å². The van der Waals surface area contributed by atoms with Crippen LogP contribution in [0, 0.1) is 10.1 Å². The summed E-state index contributed by atoms with van der Waals surface area (Å²) in [6.07, 6.45) is 1.21. The summed E-state index contributed by atoms with van der Waals surface area (Å²) >= 11 is 0. The minimum Gasteiger partial charge on any atom is -0.328 e. The molecule has 0 bridgehead atoms. The zero-order chi connectivity index (χ0) is 13.2. The van der Waals surface area contributed by atoms with Crippen molar-refractivity contribution in [3.05, 3.63) is 33.9 Å². The van der Waals surface area contributed by atoms with Gasteiger partial charge in [0.1, 0.15) is 4.90 Å². The number of rotatable bonds is 4. The van der Waals surface area contributed by atoms with Gasteiger partial charge in [-0.05, 0) is 19.4 Å². The van der Waals surface area contributed by atoms with Crippen molar-refractivity contribution in [3.63, 3.8) is 0 Å². The molecule has 0 aromatic heterocycles. The van der Waals surface area contributed by atoms with E-state index in [0.717, 1.165) is 6.26 Å². The van der Waals surface area contributed by atoms with Crippen LogP contribution < -0.4 is 5.73 Å². The summed E-state index contributed by atoms with van der Waals surface area (Å²) in [4.78, 5) is 10.0. The van der Waals surface area contributed by atoms with E-state index in [2.05, 4.69) is 0 Å². The summed E-state index contributed by atoms with van der Waals surface area (Å²) in [6.45, 7) is 1.71. The summed E-state index contributed by atoms with van der Waals surface area (Å²) < 4.78 is 22.9. The Hall–Kier alpha value is -1.47. The Bertz CT molecular complexity index is 537. The minimum atomic E-state index is -3.62. The zero-order valence-electron chi connectivity index (χ0n) is 9.58. The lowest BCUT2D eigenvalue weighted by Gasteiger charge is -2.08. The van der Waals surface area contributed by atoms with Gasteiger partial charge in [-0.1, -0.05) is 12.1 Å². The molecule has 0 saturated carbocycles. The van der Waals surface area contributed by atoms with Gasteiger partial charge in [0.05, 0.1) is 4.92 Å². The molecular weight excluding hydrogens is 244 g/mol. The van der Waals surface area contributed by atoms with Crippen LogP contribution in [0.3, 0.4) is 0 Å². The Balaban J connectivity index is 3.49. The molecule has 2 N–H and O–H groups in total. The first-order chi connectivity index (χ1) is 7.73. The topological polar surface area (TPSA) is 103 Å². The summed E-state index contributed by atoms with van der Waals surface area (Å²) in [6, 6.07) is 3.97. The molecule has 0 heterocycles. The quantitative estimate of drug-likeness (QED) is 0.638. The third-order valence-electron chi connectivity index (χ3n) is 2.21. The molecule has 1 aromatic carbocycles. The number of nitro benzene ring substituents is 1. The normalized spacial score (nSPS) is 13.4. The largest absolute Gasteiger partial charge is 0.328 e. The Morgan fingerprint density at radius 2 is 2.06 bits per heavy atom. The Kier molecular flexibility index (Phi) is 3.84. The standard InChI is InChI=1S/C10H14N2O4S/c1-7(11)6-8-4-3-5-9(17(2,15)16)10(8)12(13)14/h3-5,7H,6,11H2,1-2H3. The van der Waals surface area contributed by atoms with Gasteiger partial charge < -0.3 is 5.73 Å². The Morgan fingerprint density at radius 3 is 2.47 bits per heavy atom. The van der Waals surface area contributed by atoms with E-state index >= 15 is 0 Å². The lowest BCUT2D eigenvalue weighted by atomic mass is 10.1. The molecule has 1 aromatic rings. The molecule has 0 aliphatic rings. The number of hydrogen-bond acceptors (Lipinski definition) is 5. The molecule has 0 saturated heterocycles. The summed E-state index contributed by atoms with van der Waals surface area (Å²) in [7, 11) is -3.62. The molecule has 1 unspecified atom stereocenters. The monoisotopic (exact) mass is 258 g/mol. The molecular formula is C10H14N2O4S. The van der Waals surface area contributed by atoms with E-state index in [9.17, 15) is 18.5 Å². The van der Waals surface area contributed by atoms with Crippen LogP contribution in [0.4, 0.5) is 5.69 Å². The van der Waals surface area contributed by atoms with Gasteiger partial charge in [0, 0.05) is 17.9 Å². The molecule has 1 rings (SSSR count). The van der Waals surface area contributed by atoms with Crippen molar-refractivity contribution in [2.45, 2.75) is 24.3 Å². The molecule has 0 spiro atoms. The number of benzene rings is 1. The van der Waals surface area contributed by atoms with E-state index in [0.29, 0.717) is 5.56 Å². The van der Waals surface area contributed by atoms with Crippen LogP contribution in [0.1, 0.15) is 12.5 Å². The van der Waals surface area contributed by atoms with E-state index in [-0.39, 0.29) is 23.0 Å². The fourth-order valence-electron chi connectivity index (χ4n) is 1.59. The number of hydrogen-bond donors (Lipinski definition) is 1. The molecule has 0 radical (unpaired) electrons. The second-order valence-corrected chi connectivity index (χ2v) is 5.96. The van der Waals surface area contributed by atoms with E-state index in [4.69, 9.17) is 5.73 Å². The first kappa shape index (κ1) is 13.6. The van der Waals surface area contributed by atoms with Gasteiger partial charge in [-0.25, -0.2) is 8.42 Å². The van der Waals surface area contributed by atoms with Crippen LogP contribution in [0.5, 0.6) is 0 Å². The number of nitrogens with two attached hydrogens (primary N) is 1. The van der Waals surface area contributed by atoms with Crippen molar-refractivity contribution in [2.24, 2.45) is 5.73 Å². The maximum Gasteiger partial charge on any atom is 0.291 e. The fourth-order valence-corrected chi connectivity index (χ4v) is 2.47. The average molecular weight is 258 g/mol. The van der Waals surface area contributed by atoms with Gasteiger partial charge in [0.15, 0.2) is 9.84 Å². The van der Waals surface area contributed by atoms with Crippen LogP contribution in [0.15, 0.2) is 23.1 Å². The molecule has 0 amide bonds. The lowest BCUT2D eigenvalue weighted by molar-refractivity contribution is -0.388. The van der Waals surface area contributed by atoms with E-state index < -0.39 is 14.8 Å². The Labute approximate surface area is 99.5 Å². The first-order valence-corrected chi connectivity index (χ1v) is 6.84. The zero-order valence-corrected chi connectivity index (χ0v) is 10.4. The predicted molar refractivity (Wildman–Crippen MR) is 63.6 cm³/mol. The summed E-state index contributed by atoms with van der Waals surface area (Å²) in [5.41, 5.74) is 5.55. The maximum absolute atomic E-state index is 11.5. The molecule has 94 valence electrons. The lowest BCUT2D eigenvalue weighted by Crippen LogP contribution is -2.19. The van der Waals surface area contributed by atoms with Crippen LogP contribution in [-0.2, 0) is 16.3 Å². The van der Waals surface area contributed by atoms with Crippen molar-refractivity contribution in [3.8, 4) is 0 Å². The molecule has 0 fully saturated rings. The van der Waals surface area contributed by atoms with E-state index in [1.54, 1.807) is 6.92 Å². The minimum absolute atomic E-state index is 0.263. The molecule has 17 heavy (non-hydrogen) atoms. The van der Waals surface area contributed by atoms with Crippen molar-refractivity contribution in [1.82, 2.24) is 0 Å². The number of nitrogens with zero attached hydrogens (tertiary/aromatic N) is 1. The van der Waals surface area contributed by atoms with Gasteiger partial charge >= 0.3 is 0 Å². The van der Waals surface area contributed by atoms with Gasteiger partial charge in [0.25, 0.3) is 5.69 Å². The third kappa shape index (κ3) is 3.24. The summed E-state index contributed by atoms with van der Waals surface area (Å²) in [5, 5.41) is 11.0.